The van der Waals surface area contributed by atoms with Crippen LogP contribution in [0.3, 0.4) is 0 Å². The van der Waals surface area contributed by atoms with Gasteiger partial charge in [-0.1, -0.05) is 18.2 Å². The van der Waals surface area contributed by atoms with Crippen LogP contribution in [0.25, 0.3) is 0 Å². The molecule has 0 bridgehead atoms. The van der Waals surface area contributed by atoms with Crippen LogP contribution in [0.15, 0.2) is 61.1 Å². The van der Waals surface area contributed by atoms with E-state index in [1.54, 1.807) is 29.6 Å². The molecule has 0 saturated carbocycles. The van der Waals surface area contributed by atoms with Crippen molar-refractivity contribution in [3.05, 3.63) is 77.9 Å². The van der Waals surface area contributed by atoms with Crippen molar-refractivity contribution in [2.24, 2.45) is 0 Å². The van der Waals surface area contributed by atoms with Crippen LogP contribution in [-0.2, 0) is 13.0 Å². The minimum atomic E-state index is -0.0979. The van der Waals surface area contributed by atoms with Crippen molar-refractivity contribution >= 4 is 17.5 Å². The van der Waals surface area contributed by atoms with E-state index in [0.29, 0.717) is 24.7 Å². The number of benzene rings is 1. The molecular formula is C19H17N5O. The molecule has 124 valence electrons. The minimum absolute atomic E-state index is 0.0979. The lowest BCUT2D eigenvalue weighted by molar-refractivity contribution is 0.0984. The van der Waals surface area contributed by atoms with E-state index in [1.807, 2.05) is 30.3 Å². The molecule has 0 atom stereocenters. The molecule has 0 radical (unpaired) electrons. The maximum atomic E-state index is 12.8. The second kappa shape index (κ2) is 6.68. The highest BCUT2D eigenvalue weighted by Crippen LogP contribution is 2.28. The molecule has 0 saturated heterocycles. The van der Waals surface area contributed by atoms with Crippen molar-refractivity contribution in [2.45, 2.75) is 13.0 Å². The first-order valence-electron chi connectivity index (χ1n) is 8.17. The number of nitrogens with one attached hydrogen (secondary N) is 1. The first-order chi connectivity index (χ1) is 12.3. The fourth-order valence-corrected chi connectivity index (χ4v) is 2.93. The Morgan fingerprint density at radius 2 is 1.92 bits per heavy atom. The summed E-state index contributed by atoms with van der Waals surface area (Å²) >= 11 is 0. The summed E-state index contributed by atoms with van der Waals surface area (Å²) in [4.78, 5) is 27.2. The van der Waals surface area contributed by atoms with Gasteiger partial charge in [0.25, 0.3) is 5.91 Å². The van der Waals surface area contributed by atoms with Crippen LogP contribution in [-0.4, -0.2) is 27.4 Å². The number of aromatic nitrogens is 3. The average Bonchev–Trinajstić information content (AvgIpc) is 3.11. The number of para-hydroxylation sites is 1. The number of pyridine rings is 1. The molecule has 25 heavy (non-hydrogen) atoms. The van der Waals surface area contributed by atoms with Crippen molar-refractivity contribution in [2.75, 3.05) is 16.8 Å². The summed E-state index contributed by atoms with van der Waals surface area (Å²) in [6.07, 6.45) is 5.96. The lowest BCUT2D eigenvalue weighted by atomic mass is 10.2. The molecule has 0 fully saturated rings. The van der Waals surface area contributed by atoms with E-state index in [9.17, 15) is 4.79 Å². The Labute approximate surface area is 145 Å². The quantitative estimate of drug-likeness (QED) is 0.796. The molecule has 3 aromatic rings. The zero-order valence-corrected chi connectivity index (χ0v) is 13.6. The number of fused-ring (bicyclic) bond motifs is 1. The SMILES string of the molecule is O=C(c1ccnc(NCc2ccncc2)n1)N1CCc2ccccc21. The highest BCUT2D eigenvalue weighted by atomic mass is 16.2. The third-order valence-corrected chi connectivity index (χ3v) is 4.21. The van der Waals surface area contributed by atoms with E-state index in [4.69, 9.17) is 0 Å². The molecule has 1 aliphatic heterocycles. The fraction of sp³-hybridized carbons (Fsp3) is 0.158. The summed E-state index contributed by atoms with van der Waals surface area (Å²) in [5, 5.41) is 3.15. The van der Waals surface area contributed by atoms with E-state index in [-0.39, 0.29) is 5.91 Å². The monoisotopic (exact) mass is 331 g/mol. The molecule has 1 aromatic carbocycles. The van der Waals surface area contributed by atoms with Gasteiger partial charge >= 0.3 is 0 Å². The van der Waals surface area contributed by atoms with E-state index in [0.717, 1.165) is 17.7 Å². The summed E-state index contributed by atoms with van der Waals surface area (Å²) in [6, 6.07) is 13.5. The molecule has 4 rings (SSSR count). The molecule has 2 aromatic heterocycles. The average molecular weight is 331 g/mol. The molecule has 1 amide bonds. The highest BCUT2D eigenvalue weighted by Gasteiger charge is 2.26. The van der Waals surface area contributed by atoms with Crippen molar-refractivity contribution in [1.82, 2.24) is 15.0 Å². The maximum absolute atomic E-state index is 12.8. The number of hydrogen-bond acceptors (Lipinski definition) is 5. The zero-order valence-electron chi connectivity index (χ0n) is 13.6. The number of carbonyl (C=O) groups is 1. The number of rotatable bonds is 4. The number of anilines is 2. The van der Waals surface area contributed by atoms with Gasteiger partial charge in [-0.25, -0.2) is 9.97 Å². The molecule has 3 heterocycles. The molecule has 0 unspecified atom stereocenters. The van der Waals surface area contributed by atoms with Crippen molar-refractivity contribution in [3.8, 4) is 0 Å². The van der Waals surface area contributed by atoms with Crippen molar-refractivity contribution in [3.63, 3.8) is 0 Å². The Kier molecular flexibility index (Phi) is 4.08. The summed E-state index contributed by atoms with van der Waals surface area (Å²) in [5.41, 5.74) is 3.63. The van der Waals surface area contributed by atoms with Crippen LogP contribution < -0.4 is 10.2 Å². The molecule has 6 nitrogen and oxygen atoms in total. The molecule has 1 aliphatic rings. The van der Waals surface area contributed by atoms with Gasteiger partial charge in [-0.3, -0.25) is 9.78 Å². The predicted octanol–water partition coefficient (Wildman–Crippen LogP) is 2.69. The molecule has 1 N–H and O–H groups in total. The number of nitrogens with zero attached hydrogens (tertiary/aromatic N) is 4. The van der Waals surface area contributed by atoms with Gasteiger partial charge in [0, 0.05) is 37.4 Å². The van der Waals surface area contributed by atoms with Crippen LogP contribution in [0.5, 0.6) is 0 Å². The Morgan fingerprint density at radius 1 is 1.08 bits per heavy atom. The molecule has 6 heteroatoms. The normalized spacial score (nSPS) is 12.7. The lowest BCUT2D eigenvalue weighted by Crippen LogP contribution is -2.29. The van der Waals surface area contributed by atoms with Gasteiger partial charge in [-0.15, -0.1) is 0 Å². The van der Waals surface area contributed by atoms with E-state index in [2.05, 4.69) is 26.3 Å². The van der Waals surface area contributed by atoms with Crippen LogP contribution in [0, 0.1) is 0 Å². The first kappa shape index (κ1) is 15.3. The van der Waals surface area contributed by atoms with E-state index in [1.165, 1.54) is 5.56 Å². The second-order valence-electron chi connectivity index (χ2n) is 5.81. The standard InChI is InChI=1S/C19H17N5O/c25-18(24-12-8-15-3-1-2-4-17(15)24)16-7-11-21-19(23-16)22-13-14-5-9-20-10-6-14/h1-7,9-11H,8,12-13H2,(H,21,22,23). The van der Waals surface area contributed by atoms with Gasteiger partial charge in [0.05, 0.1) is 0 Å². The van der Waals surface area contributed by atoms with E-state index >= 15 is 0 Å². The highest BCUT2D eigenvalue weighted by molar-refractivity contribution is 6.06. The van der Waals surface area contributed by atoms with Gasteiger partial charge < -0.3 is 10.2 Å². The topological polar surface area (TPSA) is 71.0 Å². The first-order valence-corrected chi connectivity index (χ1v) is 8.17. The Hall–Kier alpha value is -3.28. The van der Waals surface area contributed by atoms with Gasteiger partial charge in [0.15, 0.2) is 0 Å². The molecule has 0 aliphatic carbocycles. The minimum Gasteiger partial charge on any atom is -0.350 e. The third kappa shape index (κ3) is 3.19. The smallest absolute Gasteiger partial charge is 0.277 e. The maximum Gasteiger partial charge on any atom is 0.277 e. The van der Waals surface area contributed by atoms with Crippen LogP contribution >= 0.6 is 0 Å². The van der Waals surface area contributed by atoms with Crippen LogP contribution in [0.2, 0.25) is 0 Å². The summed E-state index contributed by atoms with van der Waals surface area (Å²) < 4.78 is 0. The van der Waals surface area contributed by atoms with Gasteiger partial charge in [-0.05, 0) is 41.8 Å². The van der Waals surface area contributed by atoms with Gasteiger partial charge in [0.2, 0.25) is 5.95 Å². The molecule has 0 spiro atoms. The predicted molar refractivity (Wildman–Crippen MR) is 95.4 cm³/mol. The number of amides is 1. The summed E-state index contributed by atoms with van der Waals surface area (Å²) in [6.45, 7) is 1.26. The zero-order chi connectivity index (χ0) is 17.1. The largest absolute Gasteiger partial charge is 0.350 e. The number of carbonyl (C=O) groups excluding carboxylic acids is 1. The van der Waals surface area contributed by atoms with Crippen LogP contribution in [0.1, 0.15) is 21.6 Å². The second-order valence-corrected chi connectivity index (χ2v) is 5.81. The molecular weight excluding hydrogens is 314 g/mol. The fourth-order valence-electron chi connectivity index (χ4n) is 2.93. The van der Waals surface area contributed by atoms with Gasteiger partial charge in [0.1, 0.15) is 5.69 Å². The van der Waals surface area contributed by atoms with Gasteiger partial charge in [-0.2, -0.15) is 0 Å². The summed E-state index contributed by atoms with van der Waals surface area (Å²) in [5.74, 6) is 0.342. The van der Waals surface area contributed by atoms with E-state index < -0.39 is 0 Å². The Morgan fingerprint density at radius 3 is 2.80 bits per heavy atom. The Bertz CT molecular complexity index is 897. The van der Waals surface area contributed by atoms with Crippen LogP contribution in [0.4, 0.5) is 11.6 Å². The summed E-state index contributed by atoms with van der Waals surface area (Å²) in [7, 11) is 0. The van der Waals surface area contributed by atoms with Crippen molar-refractivity contribution in [1.29, 1.82) is 0 Å². The lowest BCUT2D eigenvalue weighted by Gasteiger charge is -2.17. The van der Waals surface area contributed by atoms with Crippen molar-refractivity contribution < 1.29 is 4.79 Å². The Balaban J connectivity index is 1.51. The third-order valence-electron chi connectivity index (χ3n) is 4.21. The number of hydrogen-bond donors (Lipinski definition) is 1.